The lowest BCUT2D eigenvalue weighted by atomic mass is 9.93. The molecule has 1 rings (SSSR count). The quantitative estimate of drug-likeness (QED) is 0.760. The summed E-state index contributed by atoms with van der Waals surface area (Å²) in [7, 11) is 0. The summed E-state index contributed by atoms with van der Waals surface area (Å²) >= 11 is 0. The van der Waals surface area contributed by atoms with Gasteiger partial charge in [-0.3, -0.25) is 9.59 Å². The molecule has 1 aliphatic rings. The lowest BCUT2D eigenvalue weighted by molar-refractivity contribution is -0.132. The van der Waals surface area contributed by atoms with Crippen molar-refractivity contribution in [3.05, 3.63) is 0 Å². The van der Waals surface area contributed by atoms with E-state index >= 15 is 0 Å². The van der Waals surface area contributed by atoms with Gasteiger partial charge in [0, 0.05) is 12.5 Å². The minimum atomic E-state index is -1.13. The molecular weight excluding hydrogens is 228 g/mol. The minimum absolute atomic E-state index is 0.147. The second kappa shape index (κ2) is 7.15. The number of nitrogens with zero attached hydrogens (tertiary/aromatic N) is 1. The fourth-order valence-corrected chi connectivity index (χ4v) is 2.33. The predicted octanol–water partition coefficient (Wildman–Crippen LogP) is 2.19. The van der Waals surface area contributed by atoms with Crippen LogP contribution in [-0.2, 0) is 9.59 Å². The first kappa shape index (κ1) is 14.7. The van der Waals surface area contributed by atoms with Crippen molar-refractivity contribution in [1.29, 1.82) is 5.26 Å². The average molecular weight is 250 g/mol. The number of ketones is 1. The molecule has 4 nitrogen and oxygen atoms in total. The van der Waals surface area contributed by atoms with E-state index in [-0.39, 0.29) is 24.2 Å². The van der Waals surface area contributed by atoms with E-state index < -0.39 is 11.8 Å². The second-order valence-electron chi connectivity index (χ2n) is 5.47. The molecule has 0 heterocycles. The van der Waals surface area contributed by atoms with Gasteiger partial charge < -0.3 is 5.32 Å². The highest BCUT2D eigenvalue weighted by Gasteiger charge is 2.28. The molecule has 1 N–H and O–H groups in total. The van der Waals surface area contributed by atoms with Gasteiger partial charge in [-0.15, -0.1) is 0 Å². The summed E-state index contributed by atoms with van der Waals surface area (Å²) < 4.78 is 0. The maximum absolute atomic E-state index is 11.9. The van der Waals surface area contributed by atoms with Crippen LogP contribution in [0.5, 0.6) is 0 Å². The van der Waals surface area contributed by atoms with Crippen molar-refractivity contribution in [1.82, 2.24) is 5.32 Å². The number of amides is 1. The molecule has 18 heavy (non-hydrogen) atoms. The Hall–Kier alpha value is -1.37. The molecule has 1 saturated carbocycles. The van der Waals surface area contributed by atoms with Gasteiger partial charge in [-0.05, 0) is 18.8 Å². The SMILES string of the molecule is CC(C)CC(=O)[C@H](C#N)C(=O)NC1CCCCC1. The van der Waals surface area contributed by atoms with Crippen molar-refractivity contribution >= 4 is 11.7 Å². The molecule has 100 valence electrons. The van der Waals surface area contributed by atoms with Gasteiger partial charge in [-0.2, -0.15) is 5.26 Å². The summed E-state index contributed by atoms with van der Waals surface area (Å²) in [5.74, 6) is -1.62. The van der Waals surface area contributed by atoms with E-state index in [2.05, 4.69) is 5.32 Å². The largest absolute Gasteiger partial charge is 0.352 e. The number of hydrogen-bond donors (Lipinski definition) is 1. The van der Waals surface area contributed by atoms with Gasteiger partial charge in [0.15, 0.2) is 11.7 Å². The monoisotopic (exact) mass is 250 g/mol. The van der Waals surface area contributed by atoms with E-state index in [4.69, 9.17) is 5.26 Å². The zero-order chi connectivity index (χ0) is 13.5. The summed E-state index contributed by atoms with van der Waals surface area (Å²) in [6, 6.07) is 1.98. The van der Waals surface area contributed by atoms with Crippen LogP contribution in [0.1, 0.15) is 52.4 Å². The first-order chi connectivity index (χ1) is 8.54. The van der Waals surface area contributed by atoms with Crippen molar-refractivity contribution in [2.45, 2.75) is 58.4 Å². The number of nitriles is 1. The maximum Gasteiger partial charge on any atom is 0.245 e. The van der Waals surface area contributed by atoms with Crippen LogP contribution in [0.2, 0.25) is 0 Å². The summed E-state index contributed by atoms with van der Waals surface area (Å²) in [6.45, 7) is 3.82. The van der Waals surface area contributed by atoms with Gasteiger partial charge in [0.1, 0.15) is 0 Å². The van der Waals surface area contributed by atoms with Gasteiger partial charge in [0.2, 0.25) is 5.91 Å². The van der Waals surface area contributed by atoms with Crippen molar-refractivity contribution in [2.24, 2.45) is 11.8 Å². The highest BCUT2D eigenvalue weighted by atomic mass is 16.2. The lowest BCUT2D eigenvalue weighted by Gasteiger charge is -2.23. The standard InChI is InChI=1S/C14H22N2O2/c1-10(2)8-13(17)12(9-15)14(18)16-11-6-4-3-5-7-11/h10-12H,3-8H2,1-2H3,(H,16,18)/t12-/m0/s1. The highest BCUT2D eigenvalue weighted by Crippen LogP contribution is 2.18. The van der Waals surface area contributed by atoms with Crippen molar-refractivity contribution in [3.63, 3.8) is 0 Å². The molecule has 0 unspecified atom stereocenters. The van der Waals surface area contributed by atoms with E-state index in [0.29, 0.717) is 0 Å². The molecule has 1 amide bonds. The first-order valence-electron chi connectivity index (χ1n) is 6.77. The second-order valence-corrected chi connectivity index (χ2v) is 5.47. The fourth-order valence-electron chi connectivity index (χ4n) is 2.33. The Morgan fingerprint density at radius 3 is 2.39 bits per heavy atom. The van der Waals surface area contributed by atoms with Gasteiger partial charge in [0.25, 0.3) is 0 Å². The third kappa shape index (κ3) is 4.48. The Morgan fingerprint density at radius 1 is 1.28 bits per heavy atom. The third-order valence-corrected chi connectivity index (χ3v) is 3.27. The Morgan fingerprint density at radius 2 is 1.89 bits per heavy atom. The molecule has 0 aromatic heterocycles. The summed E-state index contributed by atoms with van der Waals surface area (Å²) in [4.78, 5) is 23.7. The Kier molecular flexibility index (Phi) is 5.84. The van der Waals surface area contributed by atoms with Crippen molar-refractivity contribution in [2.75, 3.05) is 0 Å². The molecule has 0 aromatic rings. The third-order valence-electron chi connectivity index (χ3n) is 3.27. The van der Waals surface area contributed by atoms with Crippen LogP contribution in [0.25, 0.3) is 0 Å². The van der Waals surface area contributed by atoms with Gasteiger partial charge in [-0.25, -0.2) is 0 Å². The van der Waals surface area contributed by atoms with E-state index in [1.54, 1.807) is 0 Å². The molecule has 0 radical (unpaired) electrons. The highest BCUT2D eigenvalue weighted by molar-refractivity contribution is 6.04. The van der Waals surface area contributed by atoms with E-state index in [1.807, 2.05) is 19.9 Å². The topological polar surface area (TPSA) is 70.0 Å². The molecule has 1 aliphatic carbocycles. The van der Waals surface area contributed by atoms with Gasteiger partial charge in [0.05, 0.1) is 6.07 Å². The van der Waals surface area contributed by atoms with Crippen LogP contribution in [0.4, 0.5) is 0 Å². The zero-order valence-corrected chi connectivity index (χ0v) is 11.2. The number of carbonyl (C=O) groups is 2. The number of Topliss-reactive ketones (excluding diaryl/α,β-unsaturated/α-hetero) is 1. The normalized spacial score (nSPS) is 18.1. The average Bonchev–Trinajstić information content (AvgIpc) is 2.30. The van der Waals surface area contributed by atoms with E-state index in [1.165, 1.54) is 6.42 Å². The summed E-state index contributed by atoms with van der Waals surface area (Å²) in [6.07, 6.45) is 5.64. The van der Waals surface area contributed by atoms with Gasteiger partial charge in [-0.1, -0.05) is 33.1 Å². The van der Waals surface area contributed by atoms with Crippen molar-refractivity contribution < 1.29 is 9.59 Å². The summed E-state index contributed by atoms with van der Waals surface area (Å²) in [5.41, 5.74) is 0. The van der Waals surface area contributed by atoms with E-state index in [0.717, 1.165) is 25.7 Å². The molecule has 1 atom stereocenters. The van der Waals surface area contributed by atoms with Crippen LogP contribution < -0.4 is 5.32 Å². The smallest absolute Gasteiger partial charge is 0.245 e. The molecule has 0 bridgehead atoms. The number of carbonyl (C=O) groups excluding carboxylic acids is 2. The Bertz CT molecular complexity index is 338. The molecular formula is C14H22N2O2. The lowest BCUT2D eigenvalue weighted by Crippen LogP contribution is -2.42. The first-order valence-corrected chi connectivity index (χ1v) is 6.77. The summed E-state index contributed by atoms with van der Waals surface area (Å²) in [5, 5.41) is 11.8. The molecule has 1 fully saturated rings. The number of nitrogens with one attached hydrogen (secondary N) is 1. The molecule has 0 saturated heterocycles. The van der Waals surface area contributed by atoms with Crippen molar-refractivity contribution in [3.8, 4) is 6.07 Å². The van der Waals surface area contributed by atoms with Crippen LogP contribution >= 0.6 is 0 Å². The Labute approximate surface area is 109 Å². The van der Waals surface area contributed by atoms with Crippen LogP contribution in [0, 0.1) is 23.2 Å². The maximum atomic E-state index is 11.9. The fraction of sp³-hybridized carbons (Fsp3) is 0.786. The predicted molar refractivity (Wildman–Crippen MR) is 68.6 cm³/mol. The minimum Gasteiger partial charge on any atom is -0.352 e. The zero-order valence-electron chi connectivity index (χ0n) is 11.2. The molecule has 4 heteroatoms. The molecule has 0 aliphatic heterocycles. The molecule has 0 spiro atoms. The van der Waals surface area contributed by atoms with Crippen LogP contribution in [0.3, 0.4) is 0 Å². The Balaban J connectivity index is 2.51. The number of hydrogen-bond acceptors (Lipinski definition) is 3. The van der Waals surface area contributed by atoms with Gasteiger partial charge >= 0.3 is 0 Å². The van der Waals surface area contributed by atoms with Crippen LogP contribution in [0.15, 0.2) is 0 Å². The van der Waals surface area contributed by atoms with E-state index in [9.17, 15) is 9.59 Å². The van der Waals surface area contributed by atoms with Crippen LogP contribution in [-0.4, -0.2) is 17.7 Å². The number of rotatable bonds is 5. The molecule has 0 aromatic carbocycles.